The summed E-state index contributed by atoms with van der Waals surface area (Å²) in [5.41, 5.74) is 6.42. The van der Waals surface area contributed by atoms with E-state index in [1.165, 1.54) is 29.2 Å². The third-order valence-corrected chi connectivity index (χ3v) is 4.75. The molecule has 148 valence electrons. The van der Waals surface area contributed by atoms with Gasteiger partial charge < -0.3 is 11.1 Å². The molecule has 3 rings (SSSR count). The summed E-state index contributed by atoms with van der Waals surface area (Å²) in [6, 6.07) is 14.6. The van der Waals surface area contributed by atoms with Crippen molar-refractivity contribution in [3.63, 3.8) is 0 Å². The van der Waals surface area contributed by atoms with Crippen molar-refractivity contribution in [2.45, 2.75) is 0 Å². The minimum atomic E-state index is -0.655. The number of nitrogens with one attached hydrogen (secondary N) is 1. The third-order valence-electron chi connectivity index (χ3n) is 3.81. The number of amidine groups is 1. The molecule has 3 N–H and O–H groups in total. The Labute approximate surface area is 170 Å². The lowest BCUT2D eigenvalue weighted by Crippen LogP contribution is -2.35. The second-order valence-corrected chi connectivity index (χ2v) is 6.93. The Morgan fingerprint density at radius 1 is 1.14 bits per heavy atom. The van der Waals surface area contributed by atoms with Crippen molar-refractivity contribution in [3.8, 4) is 0 Å². The quantitative estimate of drug-likeness (QED) is 0.707. The Kier molecular flexibility index (Phi) is 6.40. The molecule has 0 aliphatic carbocycles. The second-order valence-electron chi connectivity index (χ2n) is 5.98. The highest BCUT2D eigenvalue weighted by Crippen LogP contribution is 2.29. The highest BCUT2D eigenvalue weighted by Gasteiger charge is 2.32. The third kappa shape index (κ3) is 5.29. The van der Waals surface area contributed by atoms with Crippen molar-refractivity contribution < 1.29 is 18.8 Å². The standard InChI is InChI=1S/C20H17FN4O3S/c21-14-6-8-15(9-7-14)25-19(28)16(10-13-4-2-1-3-5-13)24-20(25)29-12-18(27)23-11-17(22)26/h1-10H,11-12H2,(H2,22,26)(H,23,27)/b16-10-. The highest BCUT2D eigenvalue weighted by molar-refractivity contribution is 8.14. The minimum Gasteiger partial charge on any atom is -0.368 e. The van der Waals surface area contributed by atoms with Gasteiger partial charge in [-0.05, 0) is 35.9 Å². The fraction of sp³-hybridized carbons (Fsp3) is 0.100. The van der Waals surface area contributed by atoms with Crippen LogP contribution in [0.5, 0.6) is 0 Å². The largest absolute Gasteiger partial charge is 0.368 e. The molecule has 2 aromatic carbocycles. The first-order valence-corrected chi connectivity index (χ1v) is 9.56. The average molecular weight is 412 g/mol. The number of nitrogens with zero attached hydrogens (tertiary/aromatic N) is 2. The predicted octanol–water partition coefficient (Wildman–Crippen LogP) is 1.90. The monoisotopic (exact) mass is 412 g/mol. The van der Waals surface area contributed by atoms with E-state index in [1.807, 2.05) is 30.3 Å². The van der Waals surface area contributed by atoms with E-state index < -0.39 is 17.6 Å². The van der Waals surface area contributed by atoms with Crippen LogP contribution in [-0.4, -0.2) is 35.2 Å². The molecule has 0 bridgehead atoms. The molecule has 0 atom stereocenters. The summed E-state index contributed by atoms with van der Waals surface area (Å²) >= 11 is 1.03. The zero-order chi connectivity index (χ0) is 20.8. The molecule has 1 aliphatic heterocycles. The SMILES string of the molecule is NC(=O)CNC(=O)CSC1=N/C(=C\c2ccccc2)C(=O)N1c1ccc(F)cc1. The van der Waals surface area contributed by atoms with Crippen LogP contribution in [-0.2, 0) is 14.4 Å². The van der Waals surface area contributed by atoms with Gasteiger partial charge in [0.05, 0.1) is 18.0 Å². The van der Waals surface area contributed by atoms with Gasteiger partial charge in [0.1, 0.15) is 11.5 Å². The summed E-state index contributed by atoms with van der Waals surface area (Å²) in [4.78, 5) is 41.3. The smallest absolute Gasteiger partial charge is 0.283 e. The maximum atomic E-state index is 13.3. The minimum absolute atomic E-state index is 0.0737. The number of nitrogens with two attached hydrogens (primary N) is 1. The molecule has 0 fully saturated rings. The summed E-state index contributed by atoms with van der Waals surface area (Å²) in [6.45, 7) is -0.272. The van der Waals surface area contributed by atoms with Crippen LogP contribution in [0.4, 0.5) is 10.1 Å². The molecule has 0 unspecified atom stereocenters. The number of rotatable bonds is 6. The normalized spacial score (nSPS) is 14.8. The molecule has 7 nitrogen and oxygen atoms in total. The van der Waals surface area contributed by atoms with E-state index in [4.69, 9.17) is 5.73 Å². The zero-order valence-corrected chi connectivity index (χ0v) is 16.0. The van der Waals surface area contributed by atoms with Crippen molar-refractivity contribution >= 4 is 46.4 Å². The van der Waals surface area contributed by atoms with Gasteiger partial charge in [-0.1, -0.05) is 42.1 Å². The van der Waals surface area contributed by atoms with Crippen LogP contribution in [0.25, 0.3) is 6.08 Å². The number of carbonyl (C=O) groups is 3. The highest BCUT2D eigenvalue weighted by atomic mass is 32.2. The Balaban J connectivity index is 1.85. The Morgan fingerprint density at radius 2 is 1.83 bits per heavy atom. The molecule has 3 amide bonds. The van der Waals surface area contributed by atoms with Gasteiger partial charge in [-0.2, -0.15) is 0 Å². The van der Waals surface area contributed by atoms with Gasteiger partial charge in [0, 0.05) is 0 Å². The Hall–Kier alpha value is -3.46. The van der Waals surface area contributed by atoms with E-state index in [-0.39, 0.29) is 29.1 Å². The second kappa shape index (κ2) is 9.16. The fourth-order valence-corrected chi connectivity index (χ4v) is 3.33. The van der Waals surface area contributed by atoms with E-state index in [2.05, 4.69) is 10.3 Å². The van der Waals surface area contributed by atoms with Gasteiger partial charge in [0.15, 0.2) is 5.17 Å². The number of hydrogen-bond acceptors (Lipinski definition) is 5. The van der Waals surface area contributed by atoms with E-state index in [9.17, 15) is 18.8 Å². The molecule has 1 heterocycles. The molecule has 29 heavy (non-hydrogen) atoms. The topological polar surface area (TPSA) is 105 Å². The molecule has 0 saturated heterocycles. The lowest BCUT2D eigenvalue weighted by Gasteiger charge is -2.17. The van der Waals surface area contributed by atoms with Crippen molar-refractivity contribution in [1.29, 1.82) is 0 Å². The van der Waals surface area contributed by atoms with E-state index >= 15 is 0 Å². The molecule has 1 aliphatic rings. The van der Waals surface area contributed by atoms with Crippen LogP contribution in [0.3, 0.4) is 0 Å². The predicted molar refractivity (Wildman–Crippen MR) is 110 cm³/mol. The van der Waals surface area contributed by atoms with Gasteiger partial charge >= 0.3 is 0 Å². The van der Waals surface area contributed by atoms with Gasteiger partial charge in [-0.3, -0.25) is 19.3 Å². The summed E-state index contributed by atoms with van der Waals surface area (Å²) in [5.74, 6) is -1.98. The number of anilines is 1. The van der Waals surface area contributed by atoms with E-state index in [0.29, 0.717) is 5.69 Å². The van der Waals surface area contributed by atoms with Crippen LogP contribution in [0, 0.1) is 5.82 Å². The Morgan fingerprint density at radius 3 is 2.48 bits per heavy atom. The molecular formula is C20H17FN4O3S. The van der Waals surface area contributed by atoms with Crippen molar-refractivity contribution in [2.75, 3.05) is 17.2 Å². The van der Waals surface area contributed by atoms with Crippen LogP contribution in [0.1, 0.15) is 5.56 Å². The maximum Gasteiger partial charge on any atom is 0.283 e. The first-order valence-electron chi connectivity index (χ1n) is 8.57. The summed E-state index contributed by atoms with van der Waals surface area (Å²) in [5, 5.41) is 2.65. The average Bonchev–Trinajstić information content (AvgIpc) is 3.01. The van der Waals surface area contributed by atoms with Crippen molar-refractivity contribution in [3.05, 3.63) is 71.7 Å². The Bertz CT molecular complexity index is 991. The molecule has 0 spiro atoms. The number of carbonyl (C=O) groups excluding carboxylic acids is 3. The number of hydrogen-bond donors (Lipinski definition) is 2. The van der Waals surface area contributed by atoms with Gasteiger partial charge in [0.25, 0.3) is 5.91 Å². The lowest BCUT2D eigenvalue weighted by molar-refractivity contribution is -0.123. The number of benzene rings is 2. The van der Waals surface area contributed by atoms with E-state index in [1.54, 1.807) is 6.08 Å². The van der Waals surface area contributed by atoms with Gasteiger partial charge in [-0.15, -0.1) is 0 Å². The number of aliphatic imine (C=N–C) groups is 1. The first-order chi connectivity index (χ1) is 13.9. The van der Waals surface area contributed by atoms with Crippen LogP contribution in [0.2, 0.25) is 0 Å². The zero-order valence-electron chi connectivity index (χ0n) is 15.2. The van der Waals surface area contributed by atoms with Gasteiger partial charge in [-0.25, -0.2) is 9.38 Å². The first kappa shape index (κ1) is 20.3. The van der Waals surface area contributed by atoms with Crippen LogP contribution < -0.4 is 16.0 Å². The van der Waals surface area contributed by atoms with Gasteiger partial charge in [0.2, 0.25) is 11.8 Å². The fourth-order valence-electron chi connectivity index (χ4n) is 2.48. The number of halogens is 1. The summed E-state index contributed by atoms with van der Waals surface area (Å²) in [7, 11) is 0. The van der Waals surface area contributed by atoms with Crippen LogP contribution in [0.15, 0.2) is 65.3 Å². The number of thioether (sulfide) groups is 1. The molecule has 9 heteroatoms. The van der Waals surface area contributed by atoms with Crippen molar-refractivity contribution in [1.82, 2.24) is 5.32 Å². The maximum absolute atomic E-state index is 13.3. The lowest BCUT2D eigenvalue weighted by atomic mass is 10.2. The van der Waals surface area contributed by atoms with Crippen LogP contribution >= 0.6 is 11.8 Å². The molecule has 0 radical (unpaired) electrons. The number of amides is 3. The van der Waals surface area contributed by atoms with Crippen molar-refractivity contribution in [2.24, 2.45) is 10.7 Å². The van der Waals surface area contributed by atoms with E-state index in [0.717, 1.165) is 17.3 Å². The number of primary amides is 1. The molecule has 0 aromatic heterocycles. The summed E-state index contributed by atoms with van der Waals surface area (Å²) < 4.78 is 13.3. The molecular weight excluding hydrogens is 395 g/mol. The summed E-state index contributed by atoms with van der Waals surface area (Å²) in [6.07, 6.45) is 1.64. The molecule has 0 saturated carbocycles. The molecule has 2 aromatic rings.